The molecule has 9 heteroatoms. The summed E-state index contributed by atoms with van der Waals surface area (Å²) in [6.07, 6.45) is 2.48. The summed E-state index contributed by atoms with van der Waals surface area (Å²) < 4.78 is 23.7. The second-order valence-corrected chi connectivity index (χ2v) is 11.5. The van der Waals surface area contributed by atoms with Crippen molar-refractivity contribution in [1.82, 2.24) is 0 Å². The largest absolute Gasteiger partial charge is 0.465 e. The van der Waals surface area contributed by atoms with Gasteiger partial charge in [-0.3, -0.25) is 14.4 Å². The molecule has 0 radical (unpaired) electrons. The van der Waals surface area contributed by atoms with Crippen LogP contribution in [0.1, 0.15) is 66.2 Å². The third-order valence-corrected chi connectivity index (χ3v) is 10.4. The van der Waals surface area contributed by atoms with Gasteiger partial charge in [-0.2, -0.15) is 0 Å². The molecular formula is C24H35IO8. The zero-order chi connectivity index (χ0) is 24.2. The molecule has 1 N–H and O–H groups in total. The van der Waals surface area contributed by atoms with Crippen LogP contribution >= 0.6 is 22.6 Å². The van der Waals surface area contributed by atoms with Crippen LogP contribution in [-0.2, 0) is 33.3 Å². The lowest BCUT2D eigenvalue weighted by atomic mass is 9.41. The van der Waals surface area contributed by atoms with E-state index < -0.39 is 40.8 Å². The third-order valence-electron chi connectivity index (χ3n) is 9.14. The van der Waals surface area contributed by atoms with E-state index in [-0.39, 0.29) is 36.4 Å². The molecule has 4 rings (SSSR count). The number of halogens is 1. The molecule has 4 fully saturated rings. The zero-order valence-corrected chi connectivity index (χ0v) is 22.0. The lowest BCUT2D eigenvalue weighted by Gasteiger charge is -2.66. The second kappa shape index (κ2) is 8.93. The van der Waals surface area contributed by atoms with Gasteiger partial charge in [-0.25, -0.2) is 0 Å². The number of hydrogen-bond donors (Lipinski definition) is 1. The van der Waals surface area contributed by atoms with Gasteiger partial charge in [0.25, 0.3) is 0 Å². The van der Waals surface area contributed by atoms with Crippen LogP contribution in [0.5, 0.6) is 0 Å². The van der Waals surface area contributed by atoms with Gasteiger partial charge in [-0.05, 0) is 37.5 Å². The van der Waals surface area contributed by atoms with Crippen LogP contribution in [0.3, 0.4) is 0 Å². The number of carbonyl (C=O) groups is 3. The van der Waals surface area contributed by atoms with Crippen molar-refractivity contribution in [2.24, 2.45) is 28.6 Å². The zero-order valence-electron chi connectivity index (χ0n) is 19.8. The van der Waals surface area contributed by atoms with Crippen LogP contribution in [0.4, 0.5) is 0 Å². The van der Waals surface area contributed by atoms with Gasteiger partial charge in [0.05, 0.1) is 23.5 Å². The summed E-state index contributed by atoms with van der Waals surface area (Å²) >= 11 is 2.19. The van der Waals surface area contributed by atoms with Crippen LogP contribution in [0.2, 0.25) is 0 Å². The van der Waals surface area contributed by atoms with Gasteiger partial charge in [0.2, 0.25) is 6.29 Å². The summed E-state index contributed by atoms with van der Waals surface area (Å²) in [6, 6.07) is 0. The molecule has 0 bridgehead atoms. The molecular weight excluding hydrogens is 543 g/mol. The molecule has 0 aromatic carbocycles. The molecule has 186 valence electrons. The van der Waals surface area contributed by atoms with Crippen molar-refractivity contribution in [3.8, 4) is 0 Å². The Labute approximate surface area is 208 Å². The maximum absolute atomic E-state index is 12.2. The van der Waals surface area contributed by atoms with Crippen LogP contribution in [0.15, 0.2) is 0 Å². The average Bonchev–Trinajstić information content (AvgIpc) is 3.28. The summed E-state index contributed by atoms with van der Waals surface area (Å²) in [5.41, 5.74) is -2.52. The van der Waals surface area contributed by atoms with E-state index in [0.717, 1.165) is 12.8 Å². The average molecular weight is 578 g/mol. The number of alkyl halides is 1. The third kappa shape index (κ3) is 3.90. The quantitative estimate of drug-likeness (QED) is 0.230. The smallest absolute Gasteiger partial charge is 0.308 e. The van der Waals surface area contributed by atoms with E-state index >= 15 is 0 Å². The van der Waals surface area contributed by atoms with Crippen molar-refractivity contribution in [1.29, 1.82) is 0 Å². The predicted molar refractivity (Wildman–Crippen MR) is 125 cm³/mol. The van der Waals surface area contributed by atoms with Crippen LogP contribution in [0.25, 0.3) is 0 Å². The van der Waals surface area contributed by atoms with Gasteiger partial charge < -0.3 is 24.1 Å². The SMILES string of the molecule is CC(=O)OC[C@@]12[C@@H](OC(C)=O)C[C@@H](C)[C@](C)(C3C[C@H]4CC(=O)O[C@H]4O3)[C@H]1CCC[C@]2(O)CI. The van der Waals surface area contributed by atoms with E-state index in [4.69, 9.17) is 18.9 Å². The summed E-state index contributed by atoms with van der Waals surface area (Å²) in [5.74, 6) is -1.03. The molecule has 4 aliphatic rings. The summed E-state index contributed by atoms with van der Waals surface area (Å²) in [7, 11) is 0. The van der Waals surface area contributed by atoms with Crippen molar-refractivity contribution in [3.05, 3.63) is 0 Å². The summed E-state index contributed by atoms with van der Waals surface area (Å²) in [6.45, 7) is 7.07. The van der Waals surface area contributed by atoms with E-state index in [0.29, 0.717) is 30.1 Å². The maximum Gasteiger partial charge on any atom is 0.308 e. The highest BCUT2D eigenvalue weighted by Gasteiger charge is 2.71. The normalized spacial score (nSPS) is 46.8. The van der Waals surface area contributed by atoms with E-state index in [1.165, 1.54) is 13.8 Å². The Morgan fingerprint density at radius 2 is 1.97 bits per heavy atom. The molecule has 1 unspecified atom stereocenters. The van der Waals surface area contributed by atoms with Gasteiger partial charge >= 0.3 is 17.9 Å². The van der Waals surface area contributed by atoms with Gasteiger partial charge in [0.15, 0.2) is 0 Å². The van der Waals surface area contributed by atoms with Crippen molar-refractivity contribution >= 4 is 40.5 Å². The Kier molecular flexibility index (Phi) is 6.81. The number of carbonyl (C=O) groups excluding carboxylic acids is 3. The summed E-state index contributed by atoms with van der Waals surface area (Å²) in [5, 5.41) is 12.1. The van der Waals surface area contributed by atoms with Crippen LogP contribution in [0, 0.1) is 28.6 Å². The number of rotatable bonds is 5. The highest BCUT2D eigenvalue weighted by Crippen LogP contribution is 2.67. The topological polar surface area (TPSA) is 108 Å². The molecule has 2 heterocycles. The fraction of sp³-hybridized carbons (Fsp3) is 0.875. The number of fused-ring (bicyclic) bond motifs is 2. The van der Waals surface area contributed by atoms with E-state index in [1.807, 2.05) is 0 Å². The molecule has 2 aliphatic heterocycles. The lowest BCUT2D eigenvalue weighted by Crippen LogP contribution is -2.72. The highest BCUT2D eigenvalue weighted by atomic mass is 127. The van der Waals surface area contributed by atoms with Crippen molar-refractivity contribution in [2.45, 2.75) is 90.3 Å². The minimum atomic E-state index is -1.17. The molecule has 0 amide bonds. The first-order chi connectivity index (χ1) is 15.5. The molecule has 0 aromatic heterocycles. The van der Waals surface area contributed by atoms with Crippen molar-refractivity contribution < 1.29 is 38.4 Å². The van der Waals surface area contributed by atoms with Crippen molar-refractivity contribution in [3.63, 3.8) is 0 Å². The second-order valence-electron chi connectivity index (χ2n) is 10.7. The fourth-order valence-electron chi connectivity index (χ4n) is 7.38. The van der Waals surface area contributed by atoms with E-state index in [9.17, 15) is 19.5 Å². The standard InChI is InChI=1S/C24H35IO8/c1-13-8-19(31-15(3)27)24(12-30-14(2)26)17(6-5-7-23(24,29)11-25)22(13,4)18-9-16-10-20(28)33-21(16)32-18/h13,16-19,21,29H,5-12H2,1-4H3/t13-,16+,17-,18?,19+,21-,22+,23+,24+/m1/s1. The molecule has 8 nitrogen and oxygen atoms in total. The molecule has 33 heavy (non-hydrogen) atoms. The van der Waals surface area contributed by atoms with Crippen molar-refractivity contribution in [2.75, 3.05) is 11.0 Å². The number of ether oxygens (including phenoxy) is 4. The van der Waals surface area contributed by atoms with Crippen LogP contribution in [-0.4, -0.2) is 58.1 Å². The van der Waals surface area contributed by atoms with Crippen LogP contribution < -0.4 is 0 Å². The minimum absolute atomic E-state index is 0.0126. The predicted octanol–water partition coefficient (Wildman–Crippen LogP) is 3.16. The first-order valence-electron chi connectivity index (χ1n) is 11.9. The first-order valence-corrected chi connectivity index (χ1v) is 13.4. The van der Waals surface area contributed by atoms with Gasteiger partial charge in [0, 0.05) is 29.6 Å². The number of esters is 3. The Hall–Kier alpha value is -0.940. The highest BCUT2D eigenvalue weighted by molar-refractivity contribution is 14.1. The Balaban J connectivity index is 1.80. The van der Waals surface area contributed by atoms with Gasteiger partial charge in [0.1, 0.15) is 12.7 Å². The summed E-state index contributed by atoms with van der Waals surface area (Å²) in [4.78, 5) is 35.9. The molecule has 9 atom stereocenters. The maximum atomic E-state index is 12.2. The van der Waals surface area contributed by atoms with E-state index in [1.54, 1.807) is 0 Å². The molecule has 0 aromatic rings. The fourth-order valence-corrected chi connectivity index (χ4v) is 8.47. The molecule has 2 saturated carbocycles. The Bertz CT molecular complexity index is 802. The first kappa shape index (κ1) is 25.2. The lowest BCUT2D eigenvalue weighted by molar-refractivity contribution is -0.284. The van der Waals surface area contributed by atoms with Gasteiger partial charge in [-0.15, -0.1) is 0 Å². The van der Waals surface area contributed by atoms with E-state index in [2.05, 4.69) is 36.4 Å². The Morgan fingerprint density at radius 3 is 2.58 bits per heavy atom. The number of hydrogen-bond acceptors (Lipinski definition) is 8. The van der Waals surface area contributed by atoms with Gasteiger partial charge in [-0.1, -0.05) is 42.9 Å². The molecule has 2 saturated heterocycles. The molecule has 2 aliphatic carbocycles. The number of aliphatic hydroxyl groups is 1. The monoisotopic (exact) mass is 578 g/mol. The molecule has 0 spiro atoms. The Morgan fingerprint density at radius 1 is 1.24 bits per heavy atom. The minimum Gasteiger partial charge on any atom is -0.465 e.